The van der Waals surface area contributed by atoms with Crippen molar-refractivity contribution >= 4 is 16.5 Å². The highest BCUT2D eigenvalue weighted by Gasteiger charge is 2.10. The zero-order valence-corrected chi connectivity index (χ0v) is 11.0. The van der Waals surface area contributed by atoms with Gasteiger partial charge in [-0.3, -0.25) is 0 Å². The molecule has 0 saturated heterocycles. The molecule has 0 amide bonds. The van der Waals surface area contributed by atoms with Crippen LogP contribution in [0.1, 0.15) is 21.7 Å². The summed E-state index contributed by atoms with van der Waals surface area (Å²) >= 11 is 1.48. The van der Waals surface area contributed by atoms with Crippen LogP contribution in [0.15, 0.2) is 18.2 Å². The number of methoxy groups -OCH3 is 1. The first-order valence-electron chi connectivity index (χ1n) is 5.43. The molecular formula is C13H13N3OS. The molecule has 2 N–H and O–H groups in total. The van der Waals surface area contributed by atoms with Crippen molar-refractivity contribution in [2.24, 2.45) is 0 Å². The number of nitrogen functional groups attached to an aromatic ring is 1. The van der Waals surface area contributed by atoms with E-state index < -0.39 is 0 Å². The zero-order valence-electron chi connectivity index (χ0n) is 10.2. The summed E-state index contributed by atoms with van der Waals surface area (Å²) in [5.74, 6) is 0.723. The molecule has 0 aliphatic rings. The third-order valence-corrected chi connectivity index (χ3v) is 3.66. The maximum atomic E-state index is 8.86. The quantitative estimate of drug-likeness (QED) is 0.919. The summed E-state index contributed by atoms with van der Waals surface area (Å²) in [6.45, 7) is 1.94. The summed E-state index contributed by atoms with van der Waals surface area (Å²) in [5.41, 5.74) is 8.25. The number of anilines is 1. The first-order chi connectivity index (χ1) is 8.63. The van der Waals surface area contributed by atoms with Crippen LogP contribution in [-0.4, -0.2) is 12.1 Å². The Morgan fingerprint density at radius 1 is 1.50 bits per heavy atom. The summed E-state index contributed by atoms with van der Waals surface area (Å²) in [7, 11) is 1.61. The molecule has 1 aromatic heterocycles. The fraction of sp³-hybridized carbons (Fsp3) is 0.231. The summed E-state index contributed by atoms with van der Waals surface area (Å²) in [6, 6.07) is 7.54. The van der Waals surface area contributed by atoms with Crippen LogP contribution in [0.5, 0.6) is 5.75 Å². The number of nitrogens with zero attached hydrogens (tertiary/aromatic N) is 2. The zero-order chi connectivity index (χ0) is 13.1. The average Bonchev–Trinajstić information content (AvgIpc) is 2.68. The van der Waals surface area contributed by atoms with Crippen LogP contribution in [0.25, 0.3) is 0 Å². The molecule has 0 bridgehead atoms. The maximum Gasteiger partial charge on any atom is 0.180 e. The van der Waals surface area contributed by atoms with Crippen molar-refractivity contribution in [3.8, 4) is 11.8 Å². The van der Waals surface area contributed by atoms with Crippen molar-refractivity contribution in [3.05, 3.63) is 39.9 Å². The molecule has 0 spiro atoms. The Morgan fingerprint density at radius 2 is 2.28 bits per heavy atom. The number of benzene rings is 1. The van der Waals surface area contributed by atoms with Crippen molar-refractivity contribution in [2.45, 2.75) is 13.3 Å². The third kappa shape index (κ3) is 2.44. The number of aromatic nitrogens is 1. The Balaban J connectivity index is 2.34. The van der Waals surface area contributed by atoms with Gasteiger partial charge in [-0.2, -0.15) is 5.26 Å². The van der Waals surface area contributed by atoms with Gasteiger partial charge in [0.15, 0.2) is 5.13 Å². The van der Waals surface area contributed by atoms with Gasteiger partial charge in [0, 0.05) is 11.3 Å². The molecule has 18 heavy (non-hydrogen) atoms. The van der Waals surface area contributed by atoms with E-state index >= 15 is 0 Å². The van der Waals surface area contributed by atoms with E-state index in [0.29, 0.717) is 10.7 Å². The fourth-order valence-corrected chi connectivity index (χ4v) is 2.60. The van der Waals surface area contributed by atoms with Crippen molar-refractivity contribution in [1.29, 1.82) is 5.26 Å². The number of rotatable bonds is 3. The second kappa shape index (κ2) is 5.07. The predicted octanol–water partition coefficient (Wildman–Crippen LogP) is 2.50. The number of hydrogen-bond acceptors (Lipinski definition) is 5. The topological polar surface area (TPSA) is 71.9 Å². The van der Waals surface area contributed by atoms with E-state index in [2.05, 4.69) is 11.1 Å². The molecule has 1 heterocycles. The molecule has 0 unspecified atom stereocenters. The lowest BCUT2D eigenvalue weighted by Gasteiger charge is -2.07. The number of aryl methyl sites for hydroxylation is 1. The Kier molecular flexibility index (Phi) is 3.49. The summed E-state index contributed by atoms with van der Waals surface area (Å²) in [6.07, 6.45) is 0.718. The lowest BCUT2D eigenvalue weighted by molar-refractivity contribution is 0.410. The van der Waals surface area contributed by atoms with Gasteiger partial charge in [-0.25, -0.2) is 4.98 Å². The van der Waals surface area contributed by atoms with Crippen LogP contribution < -0.4 is 10.5 Å². The maximum absolute atomic E-state index is 8.86. The predicted molar refractivity (Wildman–Crippen MR) is 71.8 cm³/mol. The summed E-state index contributed by atoms with van der Waals surface area (Å²) < 4.78 is 5.31. The summed E-state index contributed by atoms with van der Waals surface area (Å²) in [5, 5.41) is 9.43. The normalized spacial score (nSPS) is 10.1. The van der Waals surface area contributed by atoms with E-state index in [1.54, 1.807) is 19.2 Å². The first-order valence-corrected chi connectivity index (χ1v) is 6.24. The molecule has 0 fully saturated rings. The smallest absolute Gasteiger partial charge is 0.180 e. The van der Waals surface area contributed by atoms with Gasteiger partial charge in [0.2, 0.25) is 0 Å². The highest BCUT2D eigenvalue weighted by molar-refractivity contribution is 7.15. The number of thiazole rings is 1. The van der Waals surface area contributed by atoms with Gasteiger partial charge in [0.25, 0.3) is 0 Å². The Hall–Kier alpha value is -2.06. The van der Waals surface area contributed by atoms with E-state index in [-0.39, 0.29) is 0 Å². The molecule has 2 aromatic rings. The Morgan fingerprint density at radius 3 is 2.83 bits per heavy atom. The van der Waals surface area contributed by atoms with Crippen LogP contribution in [0.2, 0.25) is 0 Å². The molecule has 0 atom stereocenters. The van der Waals surface area contributed by atoms with Gasteiger partial charge in [-0.1, -0.05) is 6.07 Å². The van der Waals surface area contributed by atoms with Gasteiger partial charge in [-0.15, -0.1) is 11.3 Å². The van der Waals surface area contributed by atoms with E-state index in [4.69, 9.17) is 15.7 Å². The number of nitriles is 1. The number of ether oxygens (including phenoxy) is 1. The lowest BCUT2D eigenvalue weighted by Crippen LogP contribution is -1.94. The van der Waals surface area contributed by atoms with Gasteiger partial charge in [0.1, 0.15) is 5.75 Å². The second-order valence-electron chi connectivity index (χ2n) is 3.88. The molecule has 4 nitrogen and oxygen atoms in total. The van der Waals surface area contributed by atoms with Crippen LogP contribution in [-0.2, 0) is 6.42 Å². The van der Waals surface area contributed by atoms with E-state index in [1.165, 1.54) is 11.3 Å². The molecule has 5 heteroatoms. The minimum Gasteiger partial charge on any atom is -0.496 e. The Labute approximate surface area is 110 Å². The highest BCUT2D eigenvalue weighted by atomic mass is 32.1. The second-order valence-corrected chi connectivity index (χ2v) is 4.99. The van der Waals surface area contributed by atoms with Crippen molar-refractivity contribution in [1.82, 2.24) is 4.98 Å². The largest absolute Gasteiger partial charge is 0.496 e. The molecular weight excluding hydrogens is 246 g/mol. The molecule has 0 saturated carbocycles. The van der Waals surface area contributed by atoms with Crippen LogP contribution in [0.4, 0.5) is 5.13 Å². The molecule has 1 aromatic carbocycles. The van der Waals surface area contributed by atoms with Crippen molar-refractivity contribution in [2.75, 3.05) is 12.8 Å². The van der Waals surface area contributed by atoms with E-state index in [1.807, 2.05) is 13.0 Å². The molecule has 2 rings (SSSR count). The SMILES string of the molecule is COc1cc(C#N)ccc1Cc1sc(N)nc1C. The minimum atomic E-state index is 0.579. The number of hydrogen-bond donors (Lipinski definition) is 1. The molecule has 0 aliphatic carbocycles. The van der Waals surface area contributed by atoms with Crippen LogP contribution in [0.3, 0.4) is 0 Å². The molecule has 92 valence electrons. The molecule has 0 radical (unpaired) electrons. The summed E-state index contributed by atoms with van der Waals surface area (Å²) in [4.78, 5) is 5.32. The van der Waals surface area contributed by atoms with Crippen LogP contribution in [0, 0.1) is 18.3 Å². The highest BCUT2D eigenvalue weighted by Crippen LogP contribution is 2.28. The number of nitrogens with two attached hydrogens (primary N) is 1. The van der Waals surface area contributed by atoms with Gasteiger partial charge in [0.05, 0.1) is 24.4 Å². The molecule has 0 aliphatic heterocycles. The minimum absolute atomic E-state index is 0.579. The van der Waals surface area contributed by atoms with Gasteiger partial charge < -0.3 is 10.5 Å². The fourth-order valence-electron chi connectivity index (χ4n) is 1.75. The van der Waals surface area contributed by atoms with Crippen molar-refractivity contribution in [3.63, 3.8) is 0 Å². The third-order valence-electron chi connectivity index (χ3n) is 2.68. The van der Waals surface area contributed by atoms with E-state index in [0.717, 1.165) is 28.3 Å². The van der Waals surface area contributed by atoms with Crippen LogP contribution >= 0.6 is 11.3 Å². The first kappa shape index (κ1) is 12.4. The monoisotopic (exact) mass is 259 g/mol. The lowest BCUT2D eigenvalue weighted by atomic mass is 10.1. The average molecular weight is 259 g/mol. The van der Waals surface area contributed by atoms with E-state index in [9.17, 15) is 0 Å². The van der Waals surface area contributed by atoms with Gasteiger partial charge in [-0.05, 0) is 24.6 Å². The standard InChI is InChI=1S/C13H13N3OS/c1-8-12(18-13(15)16-8)6-10-4-3-9(7-14)5-11(10)17-2/h3-5H,6H2,1-2H3,(H2,15,16). The Bertz CT molecular complexity index is 613. The van der Waals surface area contributed by atoms with Crippen molar-refractivity contribution < 1.29 is 4.74 Å². The van der Waals surface area contributed by atoms with Gasteiger partial charge >= 0.3 is 0 Å².